The number of nitrogens with zero attached hydrogens (tertiary/aromatic N) is 3. The molecule has 0 spiro atoms. The molecule has 1 aromatic heterocycles. The largest absolute Gasteiger partial charge is 0.481 e. The summed E-state index contributed by atoms with van der Waals surface area (Å²) >= 11 is 0. The molecule has 1 N–H and O–H groups in total. The smallest absolute Gasteiger partial charge is 0.310 e. The number of hydrogen-bond acceptors (Lipinski definition) is 3. The summed E-state index contributed by atoms with van der Waals surface area (Å²) in [6.45, 7) is 3.90. The molecule has 0 aliphatic rings. The zero-order valence-corrected chi connectivity index (χ0v) is 11.7. The molecule has 0 saturated carbocycles. The van der Waals surface area contributed by atoms with Crippen molar-refractivity contribution in [3.8, 4) is 0 Å². The van der Waals surface area contributed by atoms with Crippen molar-refractivity contribution in [3.05, 3.63) is 24.5 Å². The van der Waals surface area contributed by atoms with Gasteiger partial charge in [-0.05, 0) is 32.0 Å². The summed E-state index contributed by atoms with van der Waals surface area (Å²) in [5.74, 6) is -0.793. The van der Waals surface area contributed by atoms with Gasteiger partial charge in [0.05, 0.1) is 22.8 Å². The monoisotopic (exact) mass is 261 g/mol. The van der Waals surface area contributed by atoms with Crippen LogP contribution in [0.4, 0.5) is 5.69 Å². The first-order valence-corrected chi connectivity index (χ1v) is 6.17. The standard InChI is InChI=1S/C14H19N3O2/c1-14(2,13(18)19)8-16(3)10-5-6-12-11(7-10)15-9-17(12)4/h5-7,9H,8H2,1-4H3,(H,18,19). The lowest BCUT2D eigenvalue weighted by Crippen LogP contribution is -2.37. The Kier molecular flexibility index (Phi) is 3.22. The third-order valence-electron chi connectivity index (χ3n) is 3.36. The summed E-state index contributed by atoms with van der Waals surface area (Å²) in [6.07, 6.45) is 1.77. The van der Waals surface area contributed by atoms with Gasteiger partial charge in [-0.2, -0.15) is 0 Å². The first kappa shape index (κ1) is 13.4. The van der Waals surface area contributed by atoms with Crippen molar-refractivity contribution in [1.29, 1.82) is 0 Å². The molecule has 5 nitrogen and oxygen atoms in total. The van der Waals surface area contributed by atoms with E-state index in [1.165, 1.54) is 0 Å². The highest BCUT2D eigenvalue weighted by Crippen LogP contribution is 2.24. The van der Waals surface area contributed by atoms with Gasteiger partial charge >= 0.3 is 5.97 Å². The Bertz CT molecular complexity index is 616. The molecular formula is C14H19N3O2. The molecule has 0 aliphatic carbocycles. The molecule has 0 fully saturated rings. The summed E-state index contributed by atoms with van der Waals surface area (Å²) < 4.78 is 1.96. The number of aliphatic carboxylic acids is 1. The Morgan fingerprint density at radius 3 is 2.79 bits per heavy atom. The van der Waals surface area contributed by atoms with E-state index in [1.54, 1.807) is 20.2 Å². The Labute approximate surface area is 112 Å². The van der Waals surface area contributed by atoms with Crippen molar-refractivity contribution < 1.29 is 9.90 Å². The molecule has 5 heteroatoms. The van der Waals surface area contributed by atoms with Crippen LogP contribution in [-0.2, 0) is 11.8 Å². The van der Waals surface area contributed by atoms with E-state index in [2.05, 4.69) is 4.98 Å². The molecule has 19 heavy (non-hydrogen) atoms. The van der Waals surface area contributed by atoms with Crippen LogP contribution in [0.3, 0.4) is 0 Å². The Balaban J connectivity index is 2.26. The van der Waals surface area contributed by atoms with Crippen molar-refractivity contribution in [3.63, 3.8) is 0 Å². The van der Waals surface area contributed by atoms with Crippen molar-refractivity contribution in [2.75, 3.05) is 18.5 Å². The number of aryl methyl sites for hydroxylation is 1. The third kappa shape index (κ3) is 2.54. The lowest BCUT2D eigenvalue weighted by atomic mass is 9.93. The molecule has 0 bridgehead atoms. The van der Waals surface area contributed by atoms with Gasteiger partial charge in [-0.25, -0.2) is 4.98 Å². The molecule has 2 aromatic rings. The number of aromatic nitrogens is 2. The van der Waals surface area contributed by atoms with E-state index >= 15 is 0 Å². The van der Waals surface area contributed by atoms with Crippen LogP contribution in [0.25, 0.3) is 11.0 Å². The van der Waals surface area contributed by atoms with Gasteiger partial charge in [-0.1, -0.05) is 0 Å². The van der Waals surface area contributed by atoms with Crippen LogP contribution in [-0.4, -0.2) is 34.2 Å². The molecule has 1 heterocycles. The fourth-order valence-corrected chi connectivity index (χ4v) is 2.11. The number of benzene rings is 1. The highest BCUT2D eigenvalue weighted by Gasteiger charge is 2.28. The number of rotatable bonds is 4. The predicted octanol–water partition coefficient (Wildman–Crippen LogP) is 2.12. The van der Waals surface area contributed by atoms with E-state index in [0.717, 1.165) is 16.7 Å². The molecule has 0 radical (unpaired) electrons. The second kappa shape index (κ2) is 4.57. The number of anilines is 1. The Hall–Kier alpha value is -2.04. The maximum atomic E-state index is 11.2. The molecule has 102 valence electrons. The lowest BCUT2D eigenvalue weighted by Gasteiger charge is -2.28. The Morgan fingerprint density at radius 2 is 2.16 bits per heavy atom. The maximum absolute atomic E-state index is 11.2. The fourth-order valence-electron chi connectivity index (χ4n) is 2.11. The molecule has 1 aromatic carbocycles. The number of hydrogen-bond donors (Lipinski definition) is 1. The second-order valence-electron chi connectivity index (χ2n) is 5.57. The molecule has 2 rings (SSSR count). The molecule has 0 amide bonds. The highest BCUT2D eigenvalue weighted by molar-refractivity contribution is 5.80. The second-order valence-corrected chi connectivity index (χ2v) is 5.57. The topological polar surface area (TPSA) is 58.4 Å². The number of carboxylic acid groups (broad SMARTS) is 1. The first-order chi connectivity index (χ1) is 8.81. The maximum Gasteiger partial charge on any atom is 0.310 e. The first-order valence-electron chi connectivity index (χ1n) is 6.17. The third-order valence-corrected chi connectivity index (χ3v) is 3.36. The van der Waals surface area contributed by atoms with E-state index in [4.69, 9.17) is 5.11 Å². The number of fused-ring (bicyclic) bond motifs is 1. The number of imidazole rings is 1. The zero-order valence-electron chi connectivity index (χ0n) is 11.7. The summed E-state index contributed by atoms with van der Waals surface area (Å²) in [6, 6.07) is 5.97. The minimum atomic E-state index is -0.793. The van der Waals surface area contributed by atoms with Crippen molar-refractivity contribution in [1.82, 2.24) is 9.55 Å². The van der Waals surface area contributed by atoms with Gasteiger partial charge in [0.15, 0.2) is 0 Å². The quantitative estimate of drug-likeness (QED) is 0.916. The minimum absolute atomic E-state index is 0.445. The van der Waals surface area contributed by atoms with E-state index < -0.39 is 11.4 Å². The normalized spacial score (nSPS) is 11.8. The van der Waals surface area contributed by atoms with E-state index in [1.807, 2.05) is 41.8 Å². The summed E-state index contributed by atoms with van der Waals surface area (Å²) in [4.78, 5) is 17.4. The van der Waals surface area contributed by atoms with Gasteiger partial charge in [0, 0.05) is 26.3 Å². The van der Waals surface area contributed by atoms with Gasteiger partial charge in [0.2, 0.25) is 0 Å². The zero-order chi connectivity index (χ0) is 14.2. The van der Waals surface area contributed by atoms with Crippen molar-refractivity contribution in [2.24, 2.45) is 12.5 Å². The number of carboxylic acids is 1. The molecule has 0 unspecified atom stereocenters. The SMILES string of the molecule is CN(CC(C)(C)C(=O)O)c1ccc2c(c1)ncn2C. The van der Waals surface area contributed by atoms with Gasteiger partial charge in [0.1, 0.15) is 0 Å². The van der Waals surface area contributed by atoms with Gasteiger partial charge in [0.25, 0.3) is 0 Å². The van der Waals surface area contributed by atoms with Crippen LogP contribution >= 0.6 is 0 Å². The Morgan fingerprint density at radius 1 is 1.47 bits per heavy atom. The van der Waals surface area contributed by atoms with E-state index in [-0.39, 0.29) is 0 Å². The molecule has 0 saturated heterocycles. The van der Waals surface area contributed by atoms with Crippen LogP contribution < -0.4 is 4.90 Å². The van der Waals surface area contributed by atoms with Gasteiger partial charge < -0.3 is 14.6 Å². The van der Waals surface area contributed by atoms with Crippen molar-refractivity contribution in [2.45, 2.75) is 13.8 Å². The summed E-state index contributed by atoms with van der Waals surface area (Å²) in [5.41, 5.74) is 2.17. The van der Waals surface area contributed by atoms with Gasteiger partial charge in [-0.15, -0.1) is 0 Å². The fraction of sp³-hybridized carbons (Fsp3) is 0.429. The van der Waals surface area contributed by atoms with Crippen LogP contribution in [0.1, 0.15) is 13.8 Å². The van der Waals surface area contributed by atoms with Crippen LogP contribution in [0.15, 0.2) is 24.5 Å². The minimum Gasteiger partial charge on any atom is -0.481 e. The van der Waals surface area contributed by atoms with E-state index in [9.17, 15) is 4.79 Å². The van der Waals surface area contributed by atoms with Crippen LogP contribution in [0.2, 0.25) is 0 Å². The highest BCUT2D eigenvalue weighted by atomic mass is 16.4. The average Bonchev–Trinajstić information content (AvgIpc) is 2.70. The molecule has 0 atom stereocenters. The summed E-state index contributed by atoms with van der Waals surface area (Å²) in [7, 11) is 3.85. The molecule has 0 aliphatic heterocycles. The van der Waals surface area contributed by atoms with Crippen molar-refractivity contribution >= 4 is 22.7 Å². The molecular weight excluding hydrogens is 242 g/mol. The summed E-state index contributed by atoms with van der Waals surface area (Å²) in [5, 5.41) is 9.17. The lowest BCUT2D eigenvalue weighted by molar-refractivity contribution is -0.146. The number of carbonyl (C=O) groups is 1. The van der Waals surface area contributed by atoms with Crippen LogP contribution in [0, 0.1) is 5.41 Å². The van der Waals surface area contributed by atoms with Gasteiger partial charge in [-0.3, -0.25) is 4.79 Å². The van der Waals surface area contributed by atoms with Crippen LogP contribution in [0.5, 0.6) is 0 Å². The average molecular weight is 261 g/mol. The van der Waals surface area contributed by atoms with E-state index in [0.29, 0.717) is 6.54 Å². The predicted molar refractivity (Wildman–Crippen MR) is 75.4 cm³/mol.